The van der Waals surface area contributed by atoms with Crippen LogP contribution >= 0.6 is 0 Å². The maximum absolute atomic E-state index is 12.2. The summed E-state index contributed by atoms with van der Waals surface area (Å²) in [6, 6.07) is 0.254. The number of hydrogen-bond donors (Lipinski definition) is 1. The predicted molar refractivity (Wildman–Crippen MR) is 70.0 cm³/mol. The molecule has 106 valence electrons. The maximum atomic E-state index is 12.2. The molecular formula is C14H26F2N2. The van der Waals surface area contributed by atoms with E-state index in [1.807, 2.05) is 0 Å². The molecule has 2 unspecified atom stereocenters. The van der Waals surface area contributed by atoms with Crippen LogP contribution in [0.3, 0.4) is 0 Å². The molecule has 4 heteroatoms. The summed E-state index contributed by atoms with van der Waals surface area (Å²) >= 11 is 0. The lowest BCUT2D eigenvalue weighted by atomic mass is 9.94. The standard InChI is InChI=1S/C14H26F2N2/c1-11-6-13(17-7-14(15)16)10-18(8-11)9-12-4-2-3-5-12/h11-14,17H,2-10H2,1H3. The van der Waals surface area contributed by atoms with Gasteiger partial charge in [0.05, 0.1) is 6.54 Å². The van der Waals surface area contributed by atoms with Gasteiger partial charge < -0.3 is 10.2 Å². The highest BCUT2D eigenvalue weighted by molar-refractivity contribution is 4.84. The first-order chi connectivity index (χ1) is 8.63. The van der Waals surface area contributed by atoms with E-state index in [1.165, 1.54) is 32.2 Å². The molecule has 1 aliphatic heterocycles. The molecule has 1 aliphatic carbocycles. The molecule has 0 radical (unpaired) electrons. The van der Waals surface area contributed by atoms with Crippen LogP contribution in [0.1, 0.15) is 39.0 Å². The van der Waals surface area contributed by atoms with E-state index in [9.17, 15) is 8.78 Å². The molecule has 1 N–H and O–H groups in total. The van der Waals surface area contributed by atoms with Crippen LogP contribution < -0.4 is 5.32 Å². The fourth-order valence-electron chi connectivity index (χ4n) is 3.57. The van der Waals surface area contributed by atoms with Gasteiger partial charge in [0.15, 0.2) is 0 Å². The first kappa shape index (κ1) is 14.2. The summed E-state index contributed by atoms with van der Waals surface area (Å²) in [6.45, 7) is 5.35. The fourth-order valence-corrected chi connectivity index (χ4v) is 3.57. The first-order valence-electron chi connectivity index (χ1n) is 7.37. The molecule has 0 aromatic carbocycles. The third kappa shape index (κ3) is 4.47. The molecule has 0 bridgehead atoms. The Morgan fingerprint density at radius 1 is 1.22 bits per heavy atom. The van der Waals surface area contributed by atoms with Crippen LogP contribution in [0.4, 0.5) is 8.78 Å². The van der Waals surface area contributed by atoms with Crippen molar-refractivity contribution in [3.63, 3.8) is 0 Å². The molecule has 1 saturated heterocycles. The molecule has 2 aliphatic rings. The second-order valence-electron chi connectivity index (χ2n) is 6.21. The van der Waals surface area contributed by atoms with Crippen LogP contribution in [-0.4, -0.2) is 43.5 Å². The minimum Gasteiger partial charge on any atom is -0.307 e. The summed E-state index contributed by atoms with van der Waals surface area (Å²) in [5, 5.41) is 3.01. The Hall–Kier alpha value is -0.220. The van der Waals surface area contributed by atoms with E-state index in [4.69, 9.17) is 0 Å². The van der Waals surface area contributed by atoms with Gasteiger partial charge in [-0.3, -0.25) is 0 Å². The number of nitrogens with zero attached hydrogens (tertiary/aromatic N) is 1. The van der Waals surface area contributed by atoms with Gasteiger partial charge in [0.2, 0.25) is 0 Å². The van der Waals surface area contributed by atoms with Gasteiger partial charge in [0.1, 0.15) is 0 Å². The van der Waals surface area contributed by atoms with E-state index in [0.29, 0.717) is 5.92 Å². The summed E-state index contributed by atoms with van der Waals surface area (Å²) in [4.78, 5) is 2.49. The SMILES string of the molecule is CC1CC(NCC(F)F)CN(CC2CCCC2)C1. The predicted octanol–water partition coefficient (Wildman–Crippen LogP) is 2.74. The molecule has 0 aromatic rings. The molecular weight excluding hydrogens is 234 g/mol. The zero-order chi connectivity index (χ0) is 13.0. The Morgan fingerprint density at radius 3 is 2.61 bits per heavy atom. The largest absolute Gasteiger partial charge is 0.307 e. The Balaban J connectivity index is 1.76. The summed E-state index contributed by atoms with van der Waals surface area (Å²) in [5.74, 6) is 1.47. The number of piperidine rings is 1. The third-order valence-electron chi connectivity index (χ3n) is 4.29. The number of rotatable bonds is 5. The lowest BCUT2D eigenvalue weighted by Gasteiger charge is -2.38. The second-order valence-corrected chi connectivity index (χ2v) is 6.21. The van der Waals surface area contributed by atoms with Crippen molar-refractivity contribution < 1.29 is 8.78 Å². The summed E-state index contributed by atoms with van der Waals surface area (Å²) in [6.07, 6.45) is 4.28. The summed E-state index contributed by atoms with van der Waals surface area (Å²) in [7, 11) is 0. The number of hydrogen-bond acceptors (Lipinski definition) is 2. The number of halogens is 2. The molecule has 0 spiro atoms. The van der Waals surface area contributed by atoms with Crippen LogP contribution in [0.25, 0.3) is 0 Å². The van der Waals surface area contributed by atoms with Gasteiger partial charge in [0.25, 0.3) is 6.43 Å². The van der Waals surface area contributed by atoms with Crippen LogP contribution in [0.15, 0.2) is 0 Å². The molecule has 2 nitrogen and oxygen atoms in total. The Labute approximate surface area is 109 Å². The number of alkyl halides is 2. The zero-order valence-corrected chi connectivity index (χ0v) is 11.4. The second kappa shape index (κ2) is 6.80. The fraction of sp³-hybridized carbons (Fsp3) is 1.00. The molecule has 2 rings (SSSR count). The van der Waals surface area contributed by atoms with Crippen LogP contribution in [0, 0.1) is 11.8 Å². The van der Waals surface area contributed by atoms with Gasteiger partial charge in [0, 0.05) is 25.7 Å². The summed E-state index contributed by atoms with van der Waals surface area (Å²) < 4.78 is 24.5. The lowest BCUT2D eigenvalue weighted by Crippen LogP contribution is -2.50. The highest BCUT2D eigenvalue weighted by atomic mass is 19.3. The van der Waals surface area contributed by atoms with E-state index < -0.39 is 6.43 Å². The van der Waals surface area contributed by atoms with E-state index in [1.54, 1.807) is 0 Å². The van der Waals surface area contributed by atoms with E-state index in [-0.39, 0.29) is 12.6 Å². The minimum absolute atomic E-state index is 0.158. The van der Waals surface area contributed by atoms with Gasteiger partial charge in [-0.25, -0.2) is 8.78 Å². The van der Waals surface area contributed by atoms with Crippen LogP contribution in [-0.2, 0) is 0 Å². The van der Waals surface area contributed by atoms with E-state index >= 15 is 0 Å². The minimum atomic E-state index is -2.23. The highest BCUT2D eigenvalue weighted by Gasteiger charge is 2.27. The summed E-state index contributed by atoms with van der Waals surface area (Å²) in [5.41, 5.74) is 0. The average molecular weight is 260 g/mol. The van der Waals surface area contributed by atoms with Crippen molar-refractivity contribution >= 4 is 0 Å². The molecule has 18 heavy (non-hydrogen) atoms. The Kier molecular flexibility index (Phi) is 5.37. The van der Waals surface area contributed by atoms with Gasteiger partial charge >= 0.3 is 0 Å². The van der Waals surface area contributed by atoms with Gasteiger partial charge in [-0.15, -0.1) is 0 Å². The zero-order valence-electron chi connectivity index (χ0n) is 11.4. The maximum Gasteiger partial charge on any atom is 0.250 e. The normalized spacial score (nSPS) is 31.3. The van der Waals surface area contributed by atoms with Crippen LogP contribution in [0.5, 0.6) is 0 Å². The smallest absolute Gasteiger partial charge is 0.250 e. The van der Waals surface area contributed by atoms with Crippen molar-refractivity contribution in [2.45, 2.75) is 51.5 Å². The van der Waals surface area contributed by atoms with E-state index in [2.05, 4.69) is 17.1 Å². The highest BCUT2D eigenvalue weighted by Crippen LogP contribution is 2.27. The number of likely N-dealkylation sites (tertiary alicyclic amines) is 1. The average Bonchev–Trinajstić information content (AvgIpc) is 2.78. The monoisotopic (exact) mass is 260 g/mol. The Morgan fingerprint density at radius 2 is 1.94 bits per heavy atom. The first-order valence-corrected chi connectivity index (χ1v) is 7.37. The van der Waals surface area contributed by atoms with Gasteiger partial charge in [-0.05, 0) is 31.1 Å². The molecule has 0 aromatic heterocycles. The van der Waals surface area contributed by atoms with Crippen molar-refractivity contribution in [2.24, 2.45) is 11.8 Å². The van der Waals surface area contributed by atoms with Gasteiger partial charge in [-0.1, -0.05) is 19.8 Å². The van der Waals surface area contributed by atoms with Crippen LogP contribution in [0.2, 0.25) is 0 Å². The number of nitrogens with one attached hydrogen (secondary N) is 1. The van der Waals surface area contributed by atoms with Crippen molar-refractivity contribution in [1.29, 1.82) is 0 Å². The Bertz CT molecular complexity index is 242. The lowest BCUT2D eigenvalue weighted by molar-refractivity contribution is 0.104. The molecule has 1 saturated carbocycles. The van der Waals surface area contributed by atoms with Gasteiger partial charge in [-0.2, -0.15) is 0 Å². The van der Waals surface area contributed by atoms with Crippen molar-refractivity contribution in [3.05, 3.63) is 0 Å². The molecule has 2 fully saturated rings. The topological polar surface area (TPSA) is 15.3 Å². The molecule has 1 heterocycles. The molecule has 2 atom stereocenters. The quantitative estimate of drug-likeness (QED) is 0.817. The molecule has 0 amide bonds. The van der Waals surface area contributed by atoms with E-state index in [0.717, 1.165) is 25.4 Å². The van der Waals surface area contributed by atoms with Crippen molar-refractivity contribution in [3.8, 4) is 0 Å². The van der Waals surface area contributed by atoms with Crippen molar-refractivity contribution in [2.75, 3.05) is 26.2 Å². The van der Waals surface area contributed by atoms with Crippen molar-refractivity contribution in [1.82, 2.24) is 10.2 Å². The third-order valence-corrected chi connectivity index (χ3v) is 4.29.